The molecule has 0 radical (unpaired) electrons. The van der Waals surface area contributed by atoms with Gasteiger partial charge in [-0.05, 0) is 30.9 Å². The van der Waals surface area contributed by atoms with Crippen molar-refractivity contribution >= 4 is 5.69 Å². The average Bonchev–Trinajstić information content (AvgIpc) is 2.73. The van der Waals surface area contributed by atoms with Crippen LogP contribution in [0.4, 0.5) is 5.69 Å². The molecule has 2 N–H and O–H groups in total. The molecule has 2 heterocycles. The highest BCUT2D eigenvalue weighted by Gasteiger charge is 2.25. The van der Waals surface area contributed by atoms with Crippen molar-refractivity contribution in [3.8, 4) is 5.75 Å². The minimum absolute atomic E-state index is 0.726. The molecule has 2 aliphatic heterocycles. The minimum Gasteiger partial charge on any atom is -0.493 e. The van der Waals surface area contributed by atoms with E-state index in [0.29, 0.717) is 0 Å². The van der Waals surface area contributed by atoms with Crippen molar-refractivity contribution in [2.24, 2.45) is 5.73 Å². The maximum atomic E-state index is 5.72. The maximum Gasteiger partial charge on any atom is 0.124 e. The molecule has 0 aliphatic carbocycles. The lowest BCUT2D eigenvalue weighted by atomic mass is 10.0. The van der Waals surface area contributed by atoms with Gasteiger partial charge in [0.25, 0.3) is 0 Å². The number of nitrogens with zero attached hydrogens (tertiary/aromatic N) is 1. The van der Waals surface area contributed by atoms with Gasteiger partial charge in [0.1, 0.15) is 5.75 Å². The average molecular weight is 218 g/mol. The molecule has 0 atom stereocenters. The summed E-state index contributed by atoms with van der Waals surface area (Å²) < 4.78 is 5.72. The summed E-state index contributed by atoms with van der Waals surface area (Å²) in [7, 11) is 0. The van der Waals surface area contributed by atoms with Crippen molar-refractivity contribution in [1.82, 2.24) is 0 Å². The predicted molar refractivity (Wildman–Crippen MR) is 65.2 cm³/mol. The molecular weight excluding hydrogens is 200 g/mol. The molecule has 0 bridgehead atoms. The Morgan fingerprint density at radius 1 is 1.31 bits per heavy atom. The van der Waals surface area contributed by atoms with E-state index in [4.69, 9.17) is 10.5 Å². The first kappa shape index (κ1) is 9.97. The van der Waals surface area contributed by atoms with Crippen molar-refractivity contribution in [2.75, 3.05) is 31.1 Å². The topological polar surface area (TPSA) is 38.5 Å². The van der Waals surface area contributed by atoms with Crippen LogP contribution in [0.5, 0.6) is 5.75 Å². The highest BCUT2D eigenvalue weighted by Crippen LogP contribution is 2.39. The van der Waals surface area contributed by atoms with Crippen LogP contribution in [0.3, 0.4) is 0 Å². The van der Waals surface area contributed by atoms with Crippen LogP contribution in [0.25, 0.3) is 0 Å². The van der Waals surface area contributed by atoms with Gasteiger partial charge < -0.3 is 15.4 Å². The lowest BCUT2D eigenvalue weighted by Gasteiger charge is -2.25. The van der Waals surface area contributed by atoms with Gasteiger partial charge >= 0.3 is 0 Å². The van der Waals surface area contributed by atoms with E-state index in [1.165, 1.54) is 16.8 Å². The van der Waals surface area contributed by atoms with E-state index in [2.05, 4.69) is 17.0 Å². The Morgan fingerprint density at radius 3 is 3.12 bits per heavy atom. The number of fused-ring (bicyclic) bond motifs is 3. The van der Waals surface area contributed by atoms with Crippen molar-refractivity contribution in [2.45, 2.75) is 19.3 Å². The molecule has 16 heavy (non-hydrogen) atoms. The third kappa shape index (κ3) is 1.47. The molecular formula is C13H18N2O. The van der Waals surface area contributed by atoms with Gasteiger partial charge in [0.05, 0.1) is 6.61 Å². The second-order valence-electron chi connectivity index (χ2n) is 4.53. The second-order valence-corrected chi connectivity index (χ2v) is 4.53. The van der Waals surface area contributed by atoms with Crippen LogP contribution < -0.4 is 15.4 Å². The summed E-state index contributed by atoms with van der Waals surface area (Å²) in [4.78, 5) is 2.42. The monoisotopic (exact) mass is 218 g/mol. The van der Waals surface area contributed by atoms with Crippen molar-refractivity contribution < 1.29 is 4.74 Å². The summed E-state index contributed by atoms with van der Waals surface area (Å²) in [5.41, 5.74) is 9.97. The Morgan fingerprint density at radius 2 is 2.25 bits per heavy atom. The van der Waals surface area contributed by atoms with Gasteiger partial charge in [0.15, 0.2) is 0 Å². The molecule has 0 saturated heterocycles. The Labute approximate surface area is 96.2 Å². The summed E-state index contributed by atoms with van der Waals surface area (Å²) in [5, 5.41) is 0. The molecule has 0 spiro atoms. The van der Waals surface area contributed by atoms with Crippen LogP contribution in [0, 0.1) is 0 Å². The number of anilines is 1. The van der Waals surface area contributed by atoms with Crippen LogP contribution in [0.15, 0.2) is 12.1 Å². The number of benzene rings is 1. The summed E-state index contributed by atoms with van der Waals surface area (Å²) in [5.74, 6) is 1.09. The van der Waals surface area contributed by atoms with E-state index >= 15 is 0 Å². The van der Waals surface area contributed by atoms with Crippen molar-refractivity contribution in [3.05, 3.63) is 23.3 Å². The fourth-order valence-corrected chi connectivity index (χ4v) is 2.82. The van der Waals surface area contributed by atoms with Gasteiger partial charge in [-0.25, -0.2) is 0 Å². The van der Waals surface area contributed by atoms with Gasteiger partial charge in [0.2, 0.25) is 0 Å². The van der Waals surface area contributed by atoms with E-state index in [1.807, 2.05) is 0 Å². The lowest BCUT2D eigenvalue weighted by Crippen LogP contribution is -2.28. The van der Waals surface area contributed by atoms with Crippen molar-refractivity contribution in [3.63, 3.8) is 0 Å². The summed E-state index contributed by atoms with van der Waals surface area (Å²) in [6, 6.07) is 4.36. The standard InChI is InChI=1S/C13H18N2O/c14-6-8-15-7-5-10-3-4-12-11(13(10)15)2-1-9-16-12/h3-4H,1-2,5-9,14H2. The van der Waals surface area contributed by atoms with Gasteiger partial charge in [-0.15, -0.1) is 0 Å². The number of ether oxygens (including phenoxy) is 1. The van der Waals surface area contributed by atoms with Crippen LogP contribution in [-0.2, 0) is 12.8 Å². The van der Waals surface area contributed by atoms with Gasteiger partial charge in [-0.2, -0.15) is 0 Å². The number of hydrogen-bond donors (Lipinski definition) is 1. The Balaban J connectivity index is 2.04. The highest BCUT2D eigenvalue weighted by atomic mass is 16.5. The number of nitrogens with two attached hydrogens (primary N) is 1. The van der Waals surface area contributed by atoms with E-state index in [0.717, 1.165) is 51.3 Å². The Kier molecular flexibility index (Phi) is 2.48. The third-order valence-corrected chi connectivity index (χ3v) is 3.52. The zero-order valence-corrected chi connectivity index (χ0v) is 9.54. The molecule has 86 valence electrons. The fourth-order valence-electron chi connectivity index (χ4n) is 2.82. The first-order valence-electron chi connectivity index (χ1n) is 6.12. The zero-order valence-electron chi connectivity index (χ0n) is 9.54. The normalized spacial score (nSPS) is 17.9. The summed E-state index contributed by atoms with van der Waals surface area (Å²) in [6.07, 6.45) is 3.45. The first-order chi connectivity index (χ1) is 7.90. The number of hydrogen-bond acceptors (Lipinski definition) is 3. The minimum atomic E-state index is 0.726. The van der Waals surface area contributed by atoms with Gasteiger partial charge in [-0.1, -0.05) is 6.07 Å². The van der Waals surface area contributed by atoms with E-state index in [1.54, 1.807) is 0 Å². The number of rotatable bonds is 2. The van der Waals surface area contributed by atoms with E-state index in [9.17, 15) is 0 Å². The molecule has 1 aromatic carbocycles. The molecule has 0 amide bonds. The van der Waals surface area contributed by atoms with Crippen LogP contribution in [0.2, 0.25) is 0 Å². The molecule has 1 aromatic rings. The highest BCUT2D eigenvalue weighted by molar-refractivity contribution is 5.68. The van der Waals surface area contributed by atoms with Crippen LogP contribution in [0.1, 0.15) is 17.5 Å². The lowest BCUT2D eigenvalue weighted by molar-refractivity contribution is 0.288. The Bertz CT molecular complexity index is 401. The molecule has 2 aliphatic rings. The smallest absolute Gasteiger partial charge is 0.124 e. The molecule has 0 saturated carbocycles. The molecule has 3 nitrogen and oxygen atoms in total. The second kappa shape index (κ2) is 3.98. The maximum absolute atomic E-state index is 5.72. The van der Waals surface area contributed by atoms with Gasteiger partial charge in [-0.3, -0.25) is 0 Å². The SMILES string of the molecule is NCCN1CCc2ccc3c(c21)CCCO3. The molecule has 3 rings (SSSR count). The van der Waals surface area contributed by atoms with Gasteiger partial charge in [0, 0.05) is 30.9 Å². The van der Waals surface area contributed by atoms with Crippen LogP contribution in [-0.4, -0.2) is 26.2 Å². The van der Waals surface area contributed by atoms with E-state index < -0.39 is 0 Å². The quantitative estimate of drug-likeness (QED) is 0.814. The Hall–Kier alpha value is -1.22. The van der Waals surface area contributed by atoms with Crippen molar-refractivity contribution in [1.29, 1.82) is 0 Å². The summed E-state index contributed by atoms with van der Waals surface area (Å²) in [6.45, 7) is 3.67. The molecule has 0 unspecified atom stereocenters. The molecule has 0 aromatic heterocycles. The largest absolute Gasteiger partial charge is 0.493 e. The van der Waals surface area contributed by atoms with Crippen LogP contribution >= 0.6 is 0 Å². The third-order valence-electron chi connectivity index (χ3n) is 3.52. The molecule has 0 fully saturated rings. The zero-order chi connectivity index (χ0) is 11.0. The molecule has 3 heteroatoms. The summed E-state index contributed by atoms with van der Waals surface area (Å²) >= 11 is 0. The predicted octanol–water partition coefficient (Wildman–Crippen LogP) is 1.33. The first-order valence-corrected chi connectivity index (χ1v) is 6.12. The fraction of sp³-hybridized carbons (Fsp3) is 0.538. The van der Waals surface area contributed by atoms with E-state index in [-0.39, 0.29) is 0 Å².